The number of aliphatic hydroxyl groups excluding tert-OH is 1. The van der Waals surface area contributed by atoms with Gasteiger partial charge in [0, 0.05) is 6.42 Å². The Kier molecular flexibility index (Phi) is 6.79. The van der Waals surface area contributed by atoms with Crippen LogP contribution in [0, 0.1) is 17.8 Å². The first-order chi connectivity index (χ1) is 9.72. The van der Waals surface area contributed by atoms with Gasteiger partial charge in [-0.3, -0.25) is 0 Å². The van der Waals surface area contributed by atoms with E-state index in [-0.39, 0.29) is 12.4 Å². The summed E-state index contributed by atoms with van der Waals surface area (Å²) in [6.07, 6.45) is 8.62. The zero-order valence-corrected chi connectivity index (χ0v) is 13.2. The van der Waals surface area contributed by atoms with E-state index in [9.17, 15) is 5.11 Å². The first-order valence-electron chi connectivity index (χ1n) is 8.64. The van der Waals surface area contributed by atoms with Gasteiger partial charge in [0.2, 0.25) is 0 Å². The predicted octanol–water partition coefficient (Wildman–Crippen LogP) is 3.74. The van der Waals surface area contributed by atoms with E-state index in [1.165, 1.54) is 25.7 Å². The van der Waals surface area contributed by atoms with Crippen LogP contribution in [0.2, 0.25) is 0 Å². The minimum Gasteiger partial charge on any atom is -0.393 e. The maximum absolute atomic E-state index is 10.3. The molecule has 0 amide bonds. The molecule has 0 aromatic rings. The van der Waals surface area contributed by atoms with Crippen LogP contribution in [-0.4, -0.2) is 30.7 Å². The van der Waals surface area contributed by atoms with Gasteiger partial charge in [-0.15, -0.1) is 0 Å². The highest BCUT2D eigenvalue weighted by molar-refractivity contribution is 4.83. The summed E-state index contributed by atoms with van der Waals surface area (Å²) in [5.74, 6) is 2.45. The molecule has 4 unspecified atom stereocenters. The van der Waals surface area contributed by atoms with E-state index in [1.54, 1.807) is 0 Å². The molecule has 2 aliphatic rings. The summed E-state index contributed by atoms with van der Waals surface area (Å²) in [7, 11) is 0. The lowest BCUT2D eigenvalue weighted by molar-refractivity contribution is -0.183. The van der Waals surface area contributed by atoms with Crippen LogP contribution in [0.4, 0.5) is 0 Å². The summed E-state index contributed by atoms with van der Waals surface area (Å²) < 4.78 is 11.1. The molecular formula is C17H32O3. The lowest BCUT2D eigenvalue weighted by Crippen LogP contribution is -2.26. The fourth-order valence-electron chi connectivity index (χ4n) is 3.96. The summed E-state index contributed by atoms with van der Waals surface area (Å²) in [6, 6.07) is 0. The molecular weight excluding hydrogens is 252 g/mol. The number of hydrogen-bond donors (Lipinski definition) is 1. The lowest BCUT2D eigenvalue weighted by atomic mass is 9.88. The highest BCUT2D eigenvalue weighted by atomic mass is 16.7. The molecule has 1 saturated heterocycles. The molecule has 1 heterocycles. The molecule has 1 saturated carbocycles. The highest BCUT2D eigenvalue weighted by Crippen LogP contribution is 2.42. The normalized spacial score (nSPS) is 33.5. The van der Waals surface area contributed by atoms with Gasteiger partial charge < -0.3 is 14.6 Å². The summed E-state index contributed by atoms with van der Waals surface area (Å²) in [4.78, 5) is 0. The third kappa shape index (κ3) is 4.71. The highest BCUT2D eigenvalue weighted by Gasteiger charge is 2.33. The van der Waals surface area contributed by atoms with Crippen molar-refractivity contribution in [3.05, 3.63) is 0 Å². The van der Waals surface area contributed by atoms with Gasteiger partial charge >= 0.3 is 0 Å². The van der Waals surface area contributed by atoms with Gasteiger partial charge in [0.15, 0.2) is 6.29 Å². The molecule has 118 valence electrons. The van der Waals surface area contributed by atoms with Gasteiger partial charge in [-0.2, -0.15) is 0 Å². The second kappa shape index (κ2) is 8.35. The van der Waals surface area contributed by atoms with Gasteiger partial charge in [-0.25, -0.2) is 0 Å². The molecule has 2 fully saturated rings. The van der Waals surface area contributed by atoms with Crippen LogP contribution in [0.15, 0.2) is 0 Å². The molecule has 20 heavy (non-hydrogen) atoms. The fraction of sp³-hybridized carbons (Fsp3) is 1.00. The third-order valence-corrected chi connectivity index (χ3v) is 5.25. The second-order valence-electron chi connectivity index (χ2n) is 6.67. The van der Waals surface area contributed by atoms with Crippen molar-refractivity contribution in [2.45, 2.75) is 77.6 Å². The molecule has 2 rings (SSSR count). The van der Waals surface area contributed by atoms with Gasteiger partial charge in [0.05, 0.1) is 19.3 Å². The zero-order chi connectivity index (χ0) is 14.4. The fourth-order valence-corrected chi connectivity index (χ4v) is 3.96. The van der Waals surface area contributed by atoms with Crippen molar-refractivity contribution >= 4 is 0 Å². The first-order valence-corrected chi connectivity index (χ1v) is 8.64. The SMILES string of the molecule is CCC1CC(CC)C(CC(O)CCC2OCCCO2)C1. The molecule has 3 heteroatoms. The number of rotatable bonds is 7. The van der Waals surface area contributed by atoms with E-state index >= 15 is 0 Å². The Morgan fingerprint density at radius 1 is 1.05 bits per heavy atom. The Morgan fingerprint density at radius 3 is 2.40 bits per heavy atom. The quantitative estimate of drug-likeness (QED) is 0.774. The standard InChI is InChI=1S/C17H32O3/c1-3-13-10-14(4-2)15(11-13)12-16(18)6-7-17-19-8-5-9-20-17/h13-18H,3-12H2,1-2H3. The summed E-state index contributed by atoms with van der Waals surface area (Å²) >= 11 is 0. The van der Waals surface area contributed by atoms with Gasteiger partial charge in [-0.05, 0) is 49.9 Å². The van der Waals surface area contributed by atoms with Crippen LogP contribution in [0.25, 0.3) is 0 Å². The third-order valence-electron chi connectivity index (χ3n) is 5.25. The van der Waals surface area contributed by atoms with E-state index in [0.717, 1.165) is 56.7 Å². The van der Waals surface area contributed by atoms with E-state index in [1.807, 2.05) is 0 Å². The van der Waals surface area contributed by atoms with Crippen LogP contribution in [0.5, 0.6) is 0 Å². The van der Waals surface area contributed by atoms with E-state index in [2.05, 4.69) is 13.8 Å². The van der Waals surface area contributed by atoms with Crippen molar-refractivity contribution in [1.29, 1.82) is 0 Å². The molecule has 1 aliphatic carbocycles. The number of ether oxygens (including phenoxy) is 2. The largest absolute Gasteiger partial charge is 0.393 e. The monoisotopic (exact) mass is 284 g/mol. The Bertz CT molecular complexity index is 263. The van der Waals surface area contributed by atoms with Crippen molar-refractivity contribution in [2.24, 2.45) is 17.8 Å². The second-order valence-corrected chi connectivity index (χ2v) is 6.67. The predicted molar refractivity (Wildman–Crippen MR) is 80.5 cm³/mol. The Labute approximate surface area is 124 Å². The average molecular weight is 284 g/mol. The molecule has 0 aromatic heterocycles. The Balaban J connectivity index is 1.68. The van der Waals surface area contributed by atoms with Crippen molar-refractivity contribution < 1.29 is 14.6 Å². The van der Waals surface area contributed by atoms with Crippen LogP contribution in [-0.2, 0) is 9.47 Å². The minimum atomic E-state index is -0.182. The van der Waals surface area contributed by atoms with Crippen molar-refractivity contribution in [3.63, 3.8) is 0 Å². The van der Waals surface area contributed by atoms with Crippen LogP contribution in [0.3, 0.4) is 0 Å². The molecule has 0 radical (unpaired) electrons. The molecule has 0 spiro atoms. The van der Waals surface area contributed by atoms with Crippen molar-refractivity contribution in [2.75, 3.05) is 13.2 Å². The molecule has 0 aromatic carbocycles. The van der Waals surface area contributed by atoms with Crippen molar-refractivity contribution in [3.8, 4) is 0 Å². The average Bonchev–Trinajstić information content (AvgIpc) is 2.88. The maximum atomic E-state index is 10.3. The van der Waals surface area contributed by atoms with Gasteiger partial charge in [-0.1, -0.05) is 26.7 Å². The summed E-state index contributed by atoms with van der Waals surface area (Å²) in [5, 5.41) is 10.3. The molecule has 1 aliphatic heterocycles. The first kappa shape index (κ1) is 16.3. The van der Waals surface area contributed by atoms with Crippen LogP contribution >= 0.6 is 0 Å². The lowest BCUT2D eigenvalue weighted by Gasteiger charge is -2.25. The summed E-state index contributed by atoms with van der Waals surface area (Å²) in [5.41, 5.74) is 0. The topological polar surface area (TPSA) is 38.7 Å². The van der Waals surface area contributed by atoms with E-state index in [0.29, 0.717) is 0 Å². The molecule has 1 N–H and O–H groups in total. The molecule has 0 bridgehead atoms. The number of aliphatic hydroxyl groups is 1. The molecule has 3 nitrogen and oxygen atoms in total. The van der Waals surface area contributed by atoms with Gasteiger partial charge in [0.1, 0.15) is 0 Å². The van der Waals surface area contributed by atoms with Gasteiger partial charge in [0.25, 0.3) is 0 Å². The summed E-state index contributed by atoms with van der Waals surface area (Å²) in [6.45, 7) is 6.21. The maximum Gasteiger partial charge on any atom is 0.157 e. The number of hydrogen-bond acceptors (Lipinski definition) is 3. The van der Waals surface area contributed by atoms with E-state index < -0.39 is 0 Å². The smallest absolute Gasteiger partial charge is 0.157 e. The van der Waals surface area contributed by atoms with E-state index in [4.69, 9.17) is 9.47 Å². The Morgan fingerprint density at radius 2 is 1.75 bits per heavy atom. The van der Waals surface area contributed by atoms with Crippen LogP contribution in [0.1, 0.15) is 65.2 Å². The molecule has 4 atom stereocenters. The van der Waals surface area contributed by atoms with Crippen molar-refractivity contribution in [1.82, 2.24) is 0 Å². The Hall–Kier alpha value is -0.120. The minimum absolute atomic E-state index is 0.0765. The van der Waals surface area contributed by atoms with Crippen LogP contribution < -0.4 is 0 Å². The zero-order valence-electron chi connectivity index (χ0n) is 13.2.